The molecule has 0 aromatic rings. The molecule has 3 nitrogen and oxygen atoms in total. The van der Waals surface area contributed by atoms with E-state index in [1.54, 1.807) is 0 Å². The van der Waals surface area contributed by atoms with E-state index in [4.69, 9.17) is 15.9 Å². The SMILES string of the molecule is C#CCO[C@H](C=C)[C@@H](C=C)OC(C)=O. The van der Waals surface area contributed by atoms with Crippen LogP contribution in [0.2, 0.25) is 0 Å². The molecule has 3 heteroatoms. The number of rotatable bonds is 6. The predicted octanol–water partition coefficient (Wildman–Crippen LogP) is 1.31. The van der Waals surface area contributed by atoms with Crippen molar-refractivity contribution < 1.29 is 14.3 Å². The maximum Gasteiger partial charge on any atom is 0.303 e. The monoisotopic (exact) mass is 194 g/mol. The van der Waals surface area contributed by atoms with Crippen LogP contribution in [0, 0.1) is 12.3 Å². The molecule has 0 aliphatic carbocycles. The number of carbonyl (C=O) groups excluding carboxylic acids is 1. The van der Waals surface area contributed by atoms with Crippen molar-refractivity contribution >= 4 is 5.97 Å². The van der Waals surface area contributed by atoms with Gasteiger partial charge in [-0.25, -0.2) is 0 Å². The summed E-state index contributed by atoms with van der Waals surface area (Å²) in [5.41, 5.74) is 0. The normalized spacial score (nSPS) is 13.4. The van der Waals surface area contributed by atoms with Gasteiger partial charge in [0, 0.05) is 6.92 Å². The molecule has 14 heavy (non-hydrogen) atoms. The van der Waals surface area contributed by atoms with Gasteiger partial charge in [-0.1, -0.05) is 18.6 Å². The Morgan fingerprint density at radius 1 is 1.50 bits per heavy atom. The van der Waals surface area contributed by atoms with Gasteiger partial charge in [0.15, 0.2) is 0 Å². The third-order valence-corrected chi connectivity index (χ3v) is 1.45. The zero-order chi connectivity index (χ0) is 11.0. The lowest BCUT2D eigenvalue weighted by atomic mass is 10.2. The average molecular weight is 194 g/mol. The fourth-order valence-corrected chi connectivity index (χ4v) is 0.882. The Morgan fingerprint density at radius 2 is 2.07 bits per heavy atom. The van der Waals surface area contributed by atoms with E-state index >= 15 is 0 Å². The molecule has 0 rings (SSSR count). The topological polar surface area (TPSA) is 35.5 Å². The Morgan fingerprint density at radius 3 is 2.43 bits per heavy atom. The van der Waals surface area contributed by atoms with E-state index in [0.717, 1.165) is 0 Å². The van der Waals surface area contributed by atoms with Gasteiger partial charge in [0.1, 0.15) is 18.8 Å². The minimum atomic E-state index is -0.543. The van der Waals surface area contributed by atoms with Crippen molar-refractivity contribution in [2.24, 2.45) is 0 Å². The van der Waals surface area contributed by atoms with E-state index in [9.17, 15) is 4.79 Å². The minimum absolute atomic E-state index is 0.141. The van der Waals surface area contributed by atoms with Crippen molar-refractivity contribution in [3.63, 3.8) is 0 Å². The zero-order valence-electron chi connectivity index (χ0n) is 8.23. The van der Waals surface area contributed by atoms with Gasteiger partial charge in [0.25, 0.3) is 0 Å². The lowest BCUT2D eigenvalue weighted by molar-refractivity contribution is -0.148. The number of hydrogen-bond donors (Lipinski definition) is 0. The Balaban J connectivity index is 4.29. The minimum Gasteiger partial charge on any atom is -0.455 e. The molecular weight excluding hydrogens is 180 g/mol. The van der Waals surface area contributed by atoms with E-state index in [-0.39, 0.29) is 6.61 Å². The number of esters is 1. The standard InChI is InChI=1S/C11H14O3/c1-5-8-13-10(6-2)11(7-3)14-9(4)12/h1,6-7,10-11H,2-3,8H2,4H3/t10-,11-/m1/s1. The molecule has 0 spiro atoms. The number of hydrogen-bond acceptors (Lipinski definition) is 3. The second kappa shape index (κ2) is 6.93. The zero-order valence-corrected chi connectivity index (χ0v) is 8.23. The summed E-state index contributed by atoms with van der Waals surface area (Å²) in [5, 5.41) is 0. The first-order valence-corrected chi connectivity index (χ1v) is 4.13. The molecule has 0 aromatic heterocycles. The highest BCUT2D eigenvalue weighted by atomic mass is 16.6. The molecular formula is C11H14O3. The first-order valence-electron chi connectivity index (χ1n) is 4.13. The van der Waals surface area contributed by atoms with Crippen molar-refractivity contribution in [1.82, 2.24) is 0 Å². The first-order chi connectivity index (χ1) is 6.65. The molecule has 0 N–H and O–H groups in total. The summed E-state index contributed by atoms with van der Waals surface area (Å²) < 4.78 is 10.1. The Hall–Kier alpha value is -1.53. The molecule has 0 saturated heterocycles. The third kappa shape index (κ3) is 4.48. The second-order valence-corrected chi connectivity index (χ2v) is 2.53. The lowest BCUT2D eigenvalue weighted by Crippen LogP contribution is -2.29. The molecule has 0 bridgehead atoms. The first kappa shape index (κ1) is 12.5. The lowest BCUT2D eigenvalue weighted by Gasteiger charge is -2.20. The van der Waals surface area contributed by atoms with Crippen LogP contribution in [0.25, 0.3) is 0 Å². The molecule has 0 unspecified atom stereocenters. The van der Waals surface area contributed by atoms with Crippen LogP contribution in [0.5, 0.6) is 0 Å². The highest BCUT2D eigenvalue weighted by Gasteiger charge is 2.18. The molecule has 2 atom stereocenters. The maximum absolute atomic E-state index is 10.7. The summed E-state index contributed by atoms with van der Waals surface area (Å²) in [6, 6.07) is 0. The Kier molecular flexibility index (Phi) is 6.17. The van der Waals surface area contributed by atoms with Crippen LogP contribution < -0.4 is 0 Å². The van der Waals surface area contributed by atoms with Gasteiger partial charge >= 0.3 is 5.97 Å². The molecule has 0 aliphatic rings. The molecule has 0 aliphatic heterocycles. The molecule has 0 radical (unpaired) electrons. The van der Waals surface area contributed by atoms with E-state index < -0.39 is 18.2 Å². The summed E-state index contributed by atoms with van der Waals surface area (Å²) in [6.07, 6.45) is 7.03. The fraction of sp³-hybridized carbons (Fsp3) is 0.364. The van der Waals surface area contributed by atoms with E-state index in [0.29, 0.717) is 0 Å². The Labute approximate surface area is 84.4 Å². The highest BCUT2D eigenvalue weighted by molar-refractivity contribution is 5.66. The van der Waals surface area contributed by atoms with Gasteiger partial charge in [-0.15, -0.1) is 13.0 Å². The summed E-state index contributed by atoms with van der Waals surface area (Å²) in [4.78, 5) is 10.7. The van der Waals surface area contributed by atoms with Crippen LogP contribution in [0.4, 0.5) is 0 Å². The van der Waals surface area contributed by atoms with Gasteiger partial charge in [-0.05, 0) is 6.08 Å². The van der Waals surface area contributed by atoms with Gasteiger partial charge in [-0.3, -0.25) is 4.79 Å². The maximum atomic E-state index is 10.7. The van der Waals surface area contributed by atoms with Crippen molar-refractivity contribution in [2.45, 2.75) is 19.1 Å². The van der Waals surface area contributed by atoms with Crippen molar-refractivity contribution in [1.29, 1.82) is 0 Å². The Bertz CT molecular complexity index is 250. The third-order valence-electron chi connectivity index (χ3n) is 1.45. The summed E-state index contributed by atoms with van der Waals surface area (Å²) in [5.74, 6) is 1.92. The molecule has 76 valence electrons. The summed E-state index contributed by atoms with van der Waals surface area (Å²) in [6.45, 7) is 8.55. The number of terminal acetylenes is 1. The van der Waals surface area contributed by atoms with Gasteiger partial charge in [0.05, 0.1) is 0 Å². The van der Waals surface area contributed by atoms with Gasteiger partial charge in [-0.2, -0.15) is 0 Å². The number of ether oxygens (including phenoxy) is 2. The van der Waals surface area contributed by atoms with Crippen LogP contribution in [0.1, 0.15) is 6.92 Å². The van der Waals surface area contributed by atoms with Crippen LogP contribution >= 0.6 is 0 Å². The molecule has 0 saturated carbocycles. The van der Waals surface area contributed by atoms with E-state index in [2.05, 4.69) is 19.1 Å². The van der Waals surface area contributed by atoms with Crippen LogP contribution in [-0.4, -0.2) is 24.8 Å². The second-order valence-electron chi connectivity index (χ2n) is 2.53. The van der Waals surface area contributed by atoms with Gasteiger partial charge < -0.3 is 9.47 Å². The van der Waals surface area contributed by atoms with E-state index in [1.807, 2.05) is 0 Å². The molecule has 0 aromatic carbocycles. The quantitative estimate of drug-likeness (QED) is 0.363. The van der Waals surface area contributed by atoms with Crippen LogP contribution in [0.3, 0.4) is 0 Å². The van der Waals surface area contributed by atoms with Crippen LogP contribution in [-0.2, 0) is 14.3 Å². The summed E-state index contributed by atoms with van der Waals surface area (Å²) >= 11 is 0. The van der Waals surface area contributed by atoms with Crippen molar-refractivity contribution in [3.05, 3.63) is 25.3 Å². The highest BCUT2D eigenvalue weighted by Crippen LogP contribution is 2.07. The smallest absolute Gasteiger partial charge is 0.303 e. The van der Waals surface area contributed by atoms with E-state index in [1.165, 1.54) is 19.1 Å². The molecule has 0 amide bonds. The van der Waals surface area contributed by atoms with Crippen molar-refractivity contribution in [2.75, 3.05) is 6.61 Å². The van der Waals surface area contributed by atoms with Crippen molar-refractivity contribution in [3.8, 4) is 12.3 Å². The largest absolute Gasteiger partial charge is 0.455 e. The number of carbonyl (C=O) groups is 1. The van der Waals surface area contributed by atoms with Crippen LogP contribution in [0.15, 0.2) is 25.3 Å². The van der Waals surface area contributed by atoms with Gasteiger partial charge in [0.2, 0.25) is 0 Å². The average Bonchev–Trinajstić information content (AvgIpc) is 2.16. The summed E-state index contributed by atoms with van der Waals surface area (Å²) in [7, 11) is 0. The molecule has 0 fully saturated rings. The predicted molar refractivity (Wildman–Crippen MR) is 54.5 cm³/mol. The fourth-order valence-electron chi connectivity index (χ4n) is 0.882. The molecule has 0 heterocycles.